The first-order valence-electron chi connectivity index (χ1n) is 4.75. The molecular weight excluding hydrogens is 194 g/mol. The number of methoxy groups -OCH3 is 1. The molecule has 4 heteroatoms. The predicted octanol–water partition coefficient (Wildman–Crippen LogP) is 0.658. The van der Waals surface area contributed by atoms with Crippen molar-refractivity contribution >= 4 is 11.7 Å². The second kappa shape index (κ2) is 6.03. The molecule has 1 aromatic rings. The lowest BCUT2D eigenvalue weighted by Gasteiger charge is -2.22. The molecule has 0 aliphatic rings. The van der Waals surface area contributed by atoms with Crippen LogP contribution in [-0.4, -0.2) is 37.9 Å². The van der Waals surface area contributed by atoms with E-state index in [9.17, 15) is 4.79 Å². The predicted molar refractivity (Wildman–Crippen MR) is 57.8 cm³/mol. The van der Waals surface area contributed by atoms with E-state index in [1.807, 2.05) is 30.3 Å². The quantitative estimate of drug-likeness (QED) is 0.724. The largest absolute Gasteiger partial charge is 0.468 e. The molecule has 0 aliphatic carbocycles. The molecule has 0 radical (unpaired) electrons. The summed E-state index contributed by atoms with van der Waals surface area (Å²) < 4.78 is 4.59. The third-order valence-corrected chi connectivity index (χ3v) is 2.04. The minimum Gasteiger partial charge on any atom is -0.468 e. The van der Waals surface area contributed by atoms with E-state index in [0.717, 1.165) is 5.69 Å². The fraction of sp³-hybridized carbons (Fsp3) is 0.364. The van der Waals surface area contributed by atoms with E-state index in [1.165, 1.54) is 7.11 Å². The van der Waals surface area contributed by atoms with Crippen LogP contribution in [0, 0.1) is 0 Å². The molecule has 0 saturated carbocycles. The van der Waals surface area contributed by atoms with E-state index in [1.54, 1.807) is 4.90 Å². The van der Waals surface area contributed by atoms with Gasteiger partial charge in [-0.3, -0.25) is 4.79 Å². The summed E-state index contributed by atoms with van der Waals surface area (Å²) in [6.07, 6.45) is 0. The highest BCUT2D eigenvalue weighted by molar-refractivity contribution is 5.75. The van der Waals surface area contributed by atoms with Gasteiger partial charge < -0.3 is 14.7 Å². The van der Waals surface area contributed by atoms with Crippen LogP contribution < -0.4 is 4.90 Å². The number of ether oxygens (including phenoxy) is 1. The standard InChI is InChI=1S/C11H15NO3/c1-15-11(14)9-12(7-8-13)10-5-3-2-4-6-10/h2-6,13H,7-9H2,1H3. The SMILES string of the molecule is COC(=O)CN(CCO)c1ccccc1. The second-order valence-corrected chi connectivity index (χ2v) is 3.06. The number of carbonyl (C=O) groups is 1. The maximum Gasteiger partial charge on any atom is 0.325 e. The normalized spacial score (nSPS) is 9.73. The Balaban J connectivity index is 2.70. The molecule has 0 saturated heterocycles. The maximum atomic E-state index is 11.1. The lowest BCUT2D eigenvalue weighted by atomic mass is 10.3. The zero-order valence-electron chi connectivity index (χ0n) is 8.72. The molecule has 0 bridgehead atoms. The molecule has 0 atom stereocenters. The molecule has 0 unspecified atom stereocenters. The number of hydrogen-bond donors (Lipinski definition) is 1. The number of aliphatic hydroxyl groups excluding tert-OH is 1. The van der Waals surface area contributed by atoms with Gasteiger partial charge in [0.25, 0.3) is 0 Å². The van der Waals surface area contributed by atoms with Crippen LogP contribution >= 0.6 is 0 Å². The number of rotatable bonds is 5. The Labute approximate surface area is 89.1 Å². The van der Waals surface area contributed by atoms with Crippen LogP contribution in [0.2, 0.25) is 0 Å². The number of benzene rings is 1. The topological polar surface area (TPSA) is 49.8 Å². The Morgan fingerprint density at radius 1 is 1.40 bits per heavy atom. The third kappa shape index (κ3) is 3.59. The van der Waals surface area contributed by atoms with Gasteiger partial charge in [-0.1, -0.05) is 18.2 Å². The van der Waals surface area contributed by atoms with E-state index in [-0.39, 0.29) is 19.1 Å². The minimum atomic E-state index is -0.313. The molecule has 0 aromatic heterocycles. The average Bonchev–Trinajstić information content (AvgIpc) is 2.29. The van der Waals surface area contributed by atoms with Gasteiger partial charge in [0.05, 0.1) is 13.7 Å². The zero-order valence-corrected chi connectivity index (χ0v) is 8.72. The Kier molecular flexibility index (Phi) is 4.63. The van der Waals surface area contributed by atoms with Crippen LogP contribution in [0.15, 0.2) is 30.3 Å². The number of para-hydroxylation sites is 1. The molecule has 0 heterocycles. The molecule has 0 amide bonds. The van der Waals surface area contributed by atoms with Crippen molar-refractivity contribution in [1.29, 1.82) is 0 Å². The molecule has 0 fully saturated rings. The Hall–Kier alpha value is -1.55. The fourth-order valence-electron chi connectivity index (χ4n) is 1.28. The highest BCUT2D eigenvalue weighted by atomic mass is 16.5. The van der Waals surface area contributed by atoms with E-state index < -0.39 is 0 Å². The van der Waals surface area contributed by atoms with Crippen LogP contribution in [0.1, 0.15) is 0 Å². The van der Waals surface area contributed by atoms with Crippen molar-refractivity contribution in [3.8, 4) is 0 Å². The first-order chi connectivity index (χ1) is 7.27. The van der Waals surface area contributed by atoms with Gasteiger partial charge in [0, 0.05) is 12.2 Å². The summed E-state index contributed by atoms with van der Waals surface area (Å²) in [6.45, 7) is 0.575. The smallest absolute Gasteiger partial charge is 0.325 e. The zero-order chi connectivity index (χ0) is 11.1. The number of hydrogen-bond acceptors (Lipinski definition) is 4. The Morgan fingerprint density at radius 3 is 2.60 bits per heavy atom. The van der Waals surface area contributed by atoms with Crippen LogP contribution in [0.3, 0.4) is 0 Å². The third-order valence-electron chi connectivity index (χ3n) is 2.04. The lowest BCUT2D eigenvalue weighted by molar-refractivity contribution is -0.138. The molecule has 0 spiro atoms. The summed E-state index contributed by atoms with van der Waals surface area (Å²) in [5, 5.41) is 8.89. The van der Waals surface area contributed by atoms with Crippen LogP contribution in [0.4, 0.5) is 5.69 Å². The number of esters is 1. The molecule has 0 aliphatic heterocycles. The molecule has 15 heavy (non-hydrogen) atoms. The summed E-state index contributed by atoms with van der Waals surface area (Å²) in [7, 11) is 1.35. The van der Waals surface area contributed by atoms with Gasteiger partial charge in [0.15, 0.2) is 0 Å². The van der Waals surface area contributed by atoms with Gasteiger partial charge in [0.1, 0.15) is 6.54 Å². The average molecular weight is 209 g/mol. The van der Waals surface area contributed by atoms with Crippen molar-refractivity contribution in [1.82, 2.24) is 0 Å². The van der Waals surface area contributed by atoms with E-state index >= 15 is 0 Å². The van der Waals surface area contributed by atoms with E-state index in [2.05, 4.69) is 4.74 Å². The summed E-state index contributed by atoms with van der Waals surface area (Å²) in [6, 6.07) is 9.45. The van der Waals surface area contributed by atoms with Crippen molar-refractivity contribution in [3.05, 3.63) is 30.3 Å². The van der Waals surface area contributed by atoms with Gasteiger partial charge in [-0.25, -0.2) is 0 Å². The van der Waals surface area contributed by atoms with Crippen LogP contribution in [-0.2, 0) is 9.53 Å². The molecule has 82 valence electrons. The molecule has 4 nitrogen and oxygen atoms in total. The molecule has 1 aromatic carbocycles. The van der Waals surface area contributed by atoms with Crippen molar-refractivity contribution in [2.75, 3.05) is 31.7 Å². The summed E-state index contributed by atoms with van der Waals surface area (Å²) in [4.78, 5) is 12.9. The minimum absolute atomic E-state index is 0.00584. The number of anilines is 1. The molecular formula is C11H15NO3. The second-order valence-electron chi connectivity index (χ2n) is 3.06. The van der Waals surface area contributed by atoms with Crippen molar-refractivity contribution < 1.29 is 14.6 Å². The number of carbonyl (C=O) groups excluding carboxylic acids is 1. The lowest BCUT2D eigenvalue weighted by Crippen LogP contribution is -2.32. The first kappa shape index (κ1) is 11.5. The summed E-state index contributed by atoms with van der Waals surface area (Å²) in [5.74, 6) is -0.313. The van der Waals surface area contributed by atoms with Gasteiger partial charge in [0.2, 0.25) is 0 Å². The maximum absolute atomic E-state index is 11.1. The van der Waals surface area contributed by atoms with Gasteiger partial charge >= 0.3 is 5.97 Å². The van der Waals surface area contributed by atoms with Gasteiger partial charge in [-0.05, 0) is 12.1 Å². The van der Waals surface area contributed by atoms with Crippen molar-refractivity contribution in [2.45, 2.75) is 0 Å². The monoisotopic (exact) mass is 209 g/mol. The highest BCUT2D eigenvalue weighted by Crippen LogP contribution is 2.12. The number of nitrogens with zero attached hydrogens (tertiary/aromatic N) is 1. The van der Waals surface area contributed by atoms with Crippen LogP contribution in [0.25, 0.3) is 0 Å². The summed E-state index contributed by atoms with van der Waals surface area (Å²) >= 11 is 0. The van der Waals surface area contributed by atoms with Crippen LogP contribution in [0.5, 0.6) is 0 Å². The Bertz CT molecular complexity index is 300. The molecule has 1 rings (SSSR count). The van der Waals surface area contributed by atoms with E-state index in [0.29, 0.717) is 6.54 Å². The van der Waals surface area contributed by atoms with Gasteiger partial charge in [-0.2, -0.15) is 0 Å². The first-order valence-corrected chi connectivity index (χ1v) is 4.75. The Morgan fingerprint density at radius 2 is 2.07 bits per heavy atom. The highest BCUT2D eigenvalue weighted by Gasteiger charge is 2.10. The van der Waals surface area contributed by atoms with Gasteiger partial charge in [-0.15, -0.1) is 0 Å². The fourth-order valence-corrected chi connectivity index (χ4v) is 1.28. The van der Waals surface area contributed by atoms with Crippen molar-refractivity contribution in [2.24, 2.45) is 0 Å². The molecule has 1 N–H and O–H groups in total. The van der Waals surface area contributed by atoms with Crippen molar-refractivity contribution in [3.63, 3.8) is 0 Å². The summed E-state index contributed by atoms with van der Waals surface area (Å²) in [5.41, 5.74) is 0.900. The van der Waals surface area contributed by atoms with E-state index in [4.69, 9.17) is 5.11 Å². The number of aliphatic hydroxyl groups is 1.